The molecular weight excluding hydrogens is 651 g/mol. The molecule has 1 heteroatoms. The molecule has 1 unspecified atom stereocenters. The van der Waals surface area contributed by atoms with Crippen LogP contribution < -0.4 is 4.90 Å². The van der Waals surface area contributed by atoms with Crippen molar-refractivity contribution in [1.82, 2.24) is 0 Å². The van der Waals surface area contributed by atoms with E-state index in [-0.39, 0.29) is 0 Å². The second-order valence-corrected chi connectivity index (χ2v) is 14.8. The van der Waals surface area contributed by atoms with Crippen LogP contribution in [0, 0.1) is 0 Å². The van der Waals surface area contributed by atoms with Crippen molar-refractivity contribution < 1.29 is 0 Å². The number of fused-ring (bicyclic) bond motifs is 14. The summed E-state index contributed by atoms with van der Waals surface area (Å²) < 4.78 is 0. The van der Waals surface area contributed by atoms with Crippen molar-refractivity contribution in [3.8, 4) is 55.6 Å². The van der Waals surface area contributed by atoms with Gasteiger partial charge in [-0.25, -0.2) is 0 Å². The van der Waals surface area contributed by atoms with Crippen LogP contribution in [0.3, 0.4) is 0 Å². The van der Waals surface area contributed by atoms with Crippen molar-refractivity contribution in [3.63, 3.8) is 0 Å². The lowest BCUT2D eigenvalue weighted by molar-refractivity contribution is 0.794. The normalized spacial score (nSPS) is 15.1. The summed E-state index contributed by atoms with van der Waals surface area (Å²) in [7, 11) is 0. The van der Waals surface area contributed by atoms with Crippen LogP contribution in [-0.4, -0.2) is 0 Å². The number of para-hydroxylation sites is 1. The zero-order chi connectivity index (χ0) is 35.4. The lowest BCUT2D eigenvalue weighted by atomic mass is 9.70. The second-order valence-electron chi connectivity index (χ2n) is 14.8. The third kappa shape index (κ3) is 3.83. The zero-order valence-electron chi connectivity index (χ0n) is 29.5. The fourth-order valence-corrected chi connectivity index (χ4v) is 10.1. The second kappa shape index (κ2) is 11.0. The van der Waals surface area contributed by atoms with E-state index in [1.165, 1.54) is 88.7 Å². The first-order valence-corrected chi connectivity index (χ1v) is 18.9. The minimum Gasteiger partial charge on any atom is -0.310 e. The Morgan fingerprint density at radius 2 is 0.833 bits per heavy atom. The molecule has 0 N–H and O–H groups in total. The van der Waals surface area contributed by atoms with Crippen LogP contribution in [0.15, 0.2) is 200 Å². The smallest absolute Gasteiger partial charge is 0.0726 e. The molecular formula is C53H33N. The van der Waals surface area contributed by atoms with E-state index >= 15 is 0 Å². The fraction of sp³-hybridized carbons (Fsp3) is 0.0189. The minimum atomic E-state index is -0.481. The largest absolute Gasteiger partial charge is 0.310 e. The molecule has 9 aromatic carbocycles. The van der Waals surface area contributed by atoms with Gasteiger partial charge in [0.15, 0.2) is 0 Å². The molecule has 250 valence electrons. The monoisotopic (exact) mass is 683 g/mol. The van der Waals surface area contributed by atoms with Crippen molar-refractivity contribution in [2.24, 2.45) is 0 Å². The van der Waals surface area contributed by atoms with E-state index in [2.05, 4.69) is 205 Å². The van der Waals surface area contributed by atoms with Crippen LogP contribution in [0.1, 0.15) is 22.3 Å². The van der Waals surface area contributed by atoms with Gasteiger partial charge < -0.3 is 4.90 Å². The summed E-state index contributed by atoms with van der Waals surface area (Å²) in [6.45, 7) is 0. The van der Waals surface area contributed by atoms with Gasteiger partial charge in [-0.15, -0.1) is 0 Å². The molecule has 1 atom stereocenters. The Balaban J connectivity index is 1.14. The summed E-state index contributed by atoms with van der Waals surface area (Å²) in [6, 6.07) is 74.4. The molecule has 0 amide bonds. The van der Waals surface area contributed by atoms with Gasteiger partial charge in [-0.1, -0.05) is 158 Å². The van der Waals surface area contributed by atoms with Gasteiger partial charge in [0.2, 0.25) is 0 Å². The Labute approximate surface area is 315 Å². The van der Waals surface area contributed by atoms with E-state index in [0.29, 0.717) is 0 Å². The average molecular weight is 684 g/mol. The Hall–Kier alpha value is -6.96. The molecule has 1 spiro atoms. The molecule has 54 heavy (non-hydrogen) atoms. The highest BCUT2D eigenvalue weighted by molar-refractivity contribution is 6.21. The van der Waals surface area contributed by atoms with Gasteiger partial charge in [-0.3, -0.25) is 0 Å². The summed E-state index contributed by atoms with van der Waals surface area (Å²) in [4.78, 5) is 2.41. The predicted molar refractivity (Wildman–Crippen MR) is 225 cm³/mol. The van der Waals surface area contributed by atoms with E-state index in [0.717, 1.165) is 17.1 Å². The molecule has 0 saturated heterocycles. The standard InChI is InChI=1S/C53H33N/c1-3-14-34(15-4-1)35-26-28-37(29-27-35)54(36-16-5-2-6-17-36)38-30-31-42-41-20-9-11-24-47(41)53(49(42)32-38)48-25-12-10-21-44(48)52-45-23-13-22-43-39-18-7-8-19-40(39)46(51(43)45)33-50(52)53/h1-33H. The molecule has 3 aliphatic rings. The first-order chi connectivity index (χ1) is 26.8. The van der Waals surface area contributed by atoms with Crippen molar-refractivity contribution in [2.75, 3.05) is 4.90 Å². The summed E-state index contributed by atoms with van der Waals surface area (Å²) in [6.07, 6.45) is 0. The van der Waals surface area contributed by atoms with Gasteiger partial charge in [0, 0.05) is 17.1 Å². The highest BCUT2D eigenvalue weighted by Gasteiger charge is 2.52. The molecule has 9 aromatic rings. The first-order valence-electron chi connectivity index (χ1n) is 18.9. The molecule has 0 aromatic heterocycles. The molecule has 0 heterocycles. The summed E-state index contributed by atoms with van der Waals surface area (Å²) in [5.41, 5.74) is 21.4. The number of hydrogen-bond donors (Lipinski definition) is 0. The van der Waals surface area contributed by atoms with Crippen LogP contribution in [0.5, 0.6) is 0 Å². The van der Waals surface area contributed by atoms with Crippen LogP contribution in [-0.2, 0) is 5.41 Å². The molecule has 0 radical (unpaired) electrons. The SMILES string of the molecule is c1ccc(-c2ccc(N(c3ccccc3)c3ccc4c(c3)C3(c5ccccc5-4)c4ccccc4-c4c3cc3c5c(cccc45)-c4ccccc4-3)cc2)cc1. The average Bonchev–Trinajstić information content (AvgIpc) is 3.84. The van der Waals surface area contributed by atoms with Crippen LogP contribution >= 0.6 is 0 Å². The van der Waals surface area contributed by atoms with Gasteiger partial charge in [-0.05, 0) is 131 Å². The fourth-order valence-electron chi connectivity index (χ4n) is 10.1. The first kappa shape index (κ1) is 29.6. The van der Waals surface area contributed by atoms with E-state index < -0.39 is 5.41 Å². The van der Waals surface area contributed by atoms with E-state index in [1.54, 1.807) is 0 Å². The van der Waals surface area contributed by atoms with Gasteiger partial charge in [0.05, 0.1) is 5.41 Å². The topological polar surface area (TPSA) is 3.24 Å². The van der Waals surface area contributed by atoms with Gasteiger partial charge >= 0.3 is 0 Å². The summed E-state index contributed by atoms with van der Waals surface area (Å²) in [5.74, 6) is 0. The maximum absolute atomic E-state index is 2.56. The minimum absolute atomic E-state index is 0.481. The third-order valence-electron chi connectivity index (χ3n) is 12.2. The highest BCUT2D eigenvalue weighted by atomic mass is 15.1. The van der Waals surface area contributed by atoms with Crippen molar-refractivity contribution in [3.05, 3.63) is 222 Å². The van der Waals surface area contributed by atoms with Crippen molar-refractivity contribution >= 4 is 27.8 Å². The Morgan fingerprint density at radius 1 is 0.296 bits per heavy atom. The maximum atomic E-state index is 2.56. The highest BCUT2D eigenvalue weighted by Crippen LogP contribution is 2.66. The number of benzene rings is 9. The van der Waals surface area contributed by atoms with Gasteiger partial charge in [0.25, 0.3) is 0 Å². The Morgan fingerprint density at radius 3 is 1.59 bits per heavy atom. The van der Waals surface area contributed by atoms with E-state index in [9.17, 15) is 0 Å². The summed E-state index contributed by atoms with van der Waals surface area (Å²) >= 11 is 0. The van der Waals surface area contributed by atoms with Crippen LogP contribution in [0.2, 0.25) is 0 Å². The maximum Gasteiger partial charge on any atom is 0.0726 e. The van der Waals surface area contributed by atoms with Crippen molar-refractivity contribution in [1.29, 1.82) is 0 Å². The number of anilines is 3. The third-order valence-corrected chi connectivity index (χ3v) is 12.2. The predicted octanol–water partition coefficient (Wildman–Crippen LogP) is 14.0. The van der Waals surface area contributed by atoms with Gasteiger partial charge in [-0.2, -0.15) is 0 Å². The number of nitrogens with zero attached hydrogens (tertiary/aromatic N) is 1. The van der Waals surface area contributed by atoms with Crippen LogP contribution in [0.25, 0.3) is 66.4 Å². The molecule has 0 aliphatic heterocycles. The molecule has 0 bridgehead atoms. The molecule has 1 nitrogen and oxygen atoms in total. The molecule has 3 aliphatic carbocycles. The van der Waals surface area contributed by atoms with Crippen LogP contribution in [0.4, 0.5) is 17.1 Å². The lowest BCUT2D eigenvalue weighted by Crippen LogP contribution is -2.26. The zero-order valence-corrected chi connectivity index (χ0v) is 29.5. The van der Waals surface area contributed by atoms with Gasteiger partial charge in [0.1, 0.15) is 0 Å². The Bertz CT molecular complexity index is 2980. The summed E-state index contributed by atoms with van der Waals surface area (Å²) in [5, 5.41) is 2.71. The van der Waals surface area contributed by atoms with E-state index in [4.69, 9.17) is 0 Å². The molecule has 0 saturated carbocycles. The van der Waals surface area contributed by atoms with Crippen molar-refractivity contribution in [2.45, 2.75) is 5.41 Å². The quantitative estimate of drug-likeness (QED) is 0.178. The van der Waals surface area contributed by atoms with E-state index in [1.807, 2.05) is 0 Å². The lowest BCUT2D eigenvalue weighted by Gasteiger charge is -2.32. The number of rotatable bonds is 4. The Kier molecular flexibility index (Phi) is 6.04. The molecule has 0 fully saturated rings. The number of hydrogen-bond acceptors (Lipinski definition) is 1. The molecule has 12 rings (SSSR count).